The summed E-state index contributed by atoms with van der Waals surface area (Å²) in [5.74, 6) is 0.354. The van der Waals surface area contributed by atoms with E-state index in [0.717, 1.165) is 48.2 Å². The number of hydrogen-bond acceptors (Lipinski definition) is 3. The van der Waals surface area contributed by atoms with Crippen LogP contribution in [0.25, 0.3) is 0 Å². The maximum Gasteiger partial charge on any atom is 0.134 e. The zero-order chi connectivity index (χ0) is 13.8. The molecule has 1 heterocycles. The number of aromatic hydroxyl groups is 1. The molecule has 0 aromatic heterocycles. The van der Waals surface area contributed by atoms with E-state index < -0.39 is 0 Å². The van der Waals surface area contributed by atoms with Crippen molar-refractivity contribution in [3.8, 4) is 5.75 Å². The third kappa shape index (κ3) is 5.46. The van der Waals surface area contributed by atoms with E-state index >= 15 is 0 Å². The van der Waals surface area contributed by atoms with Crippen molar-refractivity contribution in [3.63, 3.8) is 0 Å². The van der Waals surface area contributed by atoms with E-state index in [9.17, 15) is 5.11 Å². The van der Waals surface area contributed by atoms with Crippen molar-refractivity contribution in [2.75, 3.05) is 26.2 Å². The van der Waals surface area contributed by atoms with Gasteiger partial charge in [0, 0.05) is 37.8 Å². The van der Waals surface area contributed by atoms with Crippen LogP contribution in [0.1, 0.15) is 24.9 Å². The predicted octanol–water partition coefficient (Wildman–Crippen LogP) is 3.91. The lowest BCUT2D eigenvalue weighted by Crippen LogP contribution is -2.45. The lowest BCUT2D eigenvalue weighted by Gasteiger charge is -2.35. The second-order valence-corrected chi connectivity index (χ2v) is 6.00. The fourth-order valence-electron chi connectivity index (χ4n) is 2.56. The van der Waals surface area contributed by atoms with E-state index in [-0.39, 0.29) is 30.9 Å². The second-order valence-electron chi connectivity index (χ2n) is 5.14. The summed E-state index contributed by atoms with van der Waals surface area (Å²) in [6, 6.07) is 6.06. The fraction of sp³-hybridized carbons (Fsp3) is 0.467. The van der Waals surface area contributed by atoms with Crippen LogP contribution in [-0.2, 0) is 0 Å². The van der Waals surface area contributed by atoms with Crippen molar-refractivity contribution in [2.24, 2.45) is 0 Å². The van der Waals surface area contributed by atoms with Crippen LogP contribution in [0.2, 0.25) is 0 Å². The van der Waals surface area contributed by atoms with Crippen molar-refractivity contribution in [1.29, 1.82) is 0 Å². The molecule has 2 rings (SSSR count). The summed E-state index contributed by atoms with van der Waals surface area (Å²) in [6.45, 7) is 10.1. The molecule has 0 saturated carbocycles. The molecular formula is C15H23BrCl2N2O. The number of benzene rings is 1. The van der Waals surface area contributed by atoms with Gasteiger partial charge in [0.2, 0.25) is 0 Å². The quantitative estimate of drug-likeness (QED) is 0.756. The molecule has 0 radical (unpaired) electrons. The first-order valence-corrected chi connectivity index (χ1v) is 7.45. The van der Waals surface area contributed by atoms with Crippen LogP contribution in [0.5, 0.6) is 5.75 Å². The molecule has 1 atom stereocenters. The summed E-state index contributed by atoms with van der Waals surface area (Å²) in [7, 11) is 0. The van der Waals surface area contributed by atoms with Gasteiger partial charge >= 0.3 is 0 Å². The predicted molar refractivity (Wildman–Crippen MR) is 96.9 cm³/mol. The molecule has 0 unspecified atom stereocenters. The Hall–Kier alpha value is -0.260. The van der Waals surface area contributed by atoms with Crippen molar-refractivity contribution in [2.45, 2.75) is 19.4 Å². The highest BCUT2D eigenvalue weighted by Crippen LogP contribution is 2.37. The molecule has 6 heteroatoms. The van der Waals surface area contributed by atoms with Gasteiger partial charge in [0.15, 0.2) is 0 Å². The molecule has 1 aromatic rings. The number of halogens is 3. The molecule has 1 fully saturated rings. The molecule has 1 aliphatic heterocycles. The van der Waals surface area contributed by atoms with E-state index in [1.165, 1.54) is 0 Å². The van der Waals surface area contributed by atoms with Crippen LogP contribution in [0.15, 0.2) is 34.8 Å². The van der Waals surface area contributed by atoms with Gasteiger partial charge in [-0.2, -0.15) is 0 Å². The number of para-hydroxylation sites is 1. The van der Waals surface area contributed by atoms with E-state index in [4.69, 9.17) is 0 Å². The first-order chi connectivity index (χ1) is 9.09. The summed E-state index contributed by atoms with van der Waals surface area (Å²) in [5, 5.41) is 13.7. The van der Waals surface area contributed by atoms with Crippen molar-refractivity contribution < 1.29 is 5.11 Å². The number of phenolic OH excluding ortho intramolecular Hbond substituents is 1. The topological polar surface area (TPSA) is 35.5 Å². The van der Waals surface area contributed by atoms with E-state index in [2.05, 4.69) is 32.7 Å². The van der Waals surface area contributed by atoms with Gasteiger partial charge < -0.3 is 10.4 Å². The van der Waals surface area contributed by atoms with Gasteiger partial charge in [0.1, 0.15) is 5.75 Å². The molecule has 1 saturated heterocycles. The number of hydrogen-bond donors (Lipinski definition) is 2. The van der Waals surface area contributed by atoms with E-state index in [0.29, 0.717) is 5.75 Å². The summed E-state index contributed by atoms with van der Waals surface area (Å²) in [6.07, 6.45) is 0.879. The fourth-order valence-corrected chi connectivity index (χ4v) is 2.94. The van der Waals surface area contributed by atoms with Gasteiger partial charge in [0.25, 0.3) is 0 Å². The average molecular weight is 398 g/mol. The molecule has 0 spiro atoms. The van der Waals surface area contributed by atoms with Crippen LogP contribution >= 0.6 is 40.7 Å². The summed E-state index contributed by atoms with van der Waals surface area (Å²) in [4.78, 5) is 2.42. The zero-order valence-electron chi connectivity index (χ0n) is 12.1. The Morgan fingerprint density at radius 2 is 2.00 bits per heavy atom. The molecule has 3 nitrogen and oxygen atoms in total. The van der Waals surface area contributed by atoms with E-state index in [1.54, 1.807) is 0 Å². The first kappa shape index (κ1) is 20.7. The Morgan fingerprint density at radius 3 is 2.57 bits per heavy atom. The SMILES string of the molecule is C=C(C)C[C@H](c1cccc(Br)c1O)N1CCNCC1.Cl.Cl. The highest BCUT2D eigenvalue weighted by molar-refractivity contribution is 9.10. The number of piperazine rings is 1. The Balaban J connectivity index is 0.00000200. The standard InChI is InChI=1S/C15H21BrN2O.2ClH/c1-11(2)10-14(18-8-6-17-7-9-18)12-4-3-5-13(16)15(12)19;;/h3-5,14,17,19H,1,6-10H2,2H3;2*1H/t14-;;/m1../s1. The lowest BCUT2D eigenvalue weighted by molar-refractivity contribution is 0.170. The second kappa shape index (κ2) is 9.70. The number of phenols is 1. The maximum atomic E-state index is 10.3. The Kier molecular flexibility index (Phi) is 9.58. The Morgan fingerprint density at radius 1 is 1.38 bits per heavy atom. The van der Waals surface area contributed by atoms with Gasteiger partial charge in [-0.25, -0.2) is 0 Å². The summed E-state index contributed by atoms with van der Waals surface area (Å²) >= 11 is 3.40. The van der Waals surface area contributed by atoms with Crippen LogP contribution < -0.4 is 5.32 Å². The highest BCUT2D eigenvalue weighted by atomic mass is 79.9. The minimum absolute atomic E-state index is 0. The zero-order valence-corrected chi connectivity index (χ0v) is 15.4. The molecule has 0 aliphatic carbocycles. The summed E-state index contributed by atoms with van der Waals surface area (Å²) < 4.78 is 0.756. The maximum absolute atomic E-state index is 10.3. The average Bonchev–Trinajstić information content (AvgIpc) is 2.40. The molecule has 2 N–H and O–H groups in total. The van der Waals surface area contributed by atoms with Gasteiger partial charge in [-0.15, -0.1) is 31.4 Å². The smallest absolute Gasteiger partial charge is 0.134 e. The third-order valence-corrected chi connectivity index (χ3v) is 4.15. The molecular weight excluding hydrogens is 375 g/mol. The molecule has 1 aliphatic rings. The van der Waals surface area contributed by atoms with Crippen LogP contribution in [0.3, 0.4) is 0 Å². The molecule has 1 aromatic carbocycles. The molecule has 120 valence electrons. The van der Waals surface area contributed by atoms with Crippen molar-refractivity contribution in [1.82, 2.24) is 10.2 Å². The van der Waals surface area contributed by atoms with Crippen molar-refractivity contribution in [3.05, 3.63) is 40.4 Å². The minimum Gasteiger partial charge on any atom is -0.506 e. The lowest BCUT2D eigenvalue weighted by atomic mass is 9.97. The number of rotatable bonds is 4. The Bertz CT molecular complexity index is 465. The molecule has 21 heavy (non-hydrogen) atoms. The summed E-state index contributed by atoms with van der Waals surface area (Å²) in [5.41, 5.74) is 2.13. The van der Waals surface area contributed by atoms with Crippen molar-refractivity contribution >= 4 is 40.7 Å². The van der Waals surface area contributed by atoms with Crippen LogP contribution in [-0.4, -0.2) is 36.2 Å². The largest absolute Gasteiger partial charge is 0.506 e. The first-order valence-electron chi connectivity index (χ1n) is 6.66. The van der Waals surface area contributed by atoms with E-state index in [1.807, 2.05) is 25.1 Å². The normalized spacial score (nSPS) is 16.5. The third-order valence-electron chi connectivity index (χ3n) is 3.51. The van der Waals surface area contributed by atoms with Crippen LogP contribution in [0, 0.1) is 0 Å². The minimum atomic E-state index is 0. The monoisotopic (exact) mass is 396 g/mol. The van der Waals surface area contributed by atoms with Gasteiger partial charge in [-0.05, 0) is 35.3 Å². The van der Waals surface area contributed by atoms with Gasteiger partial charge in [-0.1, -0.05) is 17.7 Å². The molecule has 0 amide bonds. The van der Waals surface area contributed by atoms with Crippen LogP contribution in [0.4, 0.5) is 0 Å². The number of nitrogens with zero attached hydrogens (tertiary/aromatic N) is 1. The van der Waals surface area contributed by atoms with Gasteiger partial charge in [0.05, 0.1) is 4.47 Å². The Labute approximate surface area is 147 Å². The van der Waals surface area contributed by atoms with Gasteiger partial charge in [-0.3, -0.25) is 4.90 Å². The molecule has 0 bridgehead atoms. The highest BCUT2D eigenvalue weighted by Gasteiger charge is 2.24. The number of nitrogens with one attached hydrogen (secondary N) is 1.